The number of rotatable bonds is 6. The molecule has 34 heavy (non-hydrogen) atoms. The number of hydrogen-bond acceptors (Lipinski definition) is 7. The van der Waals surface area contributed by atoms with Crippen molar-refractivity contribution >= 4 is 35.1 Å². The second-order valence-corrected chi connectivity index (χ2v) is 8.24. The van der Waals surface area contributed by atoms with Crippen LogP contribution in [0.25, 0.3) is 0 Å². The third-order valence-corrected chi connectivity index (χ3v) is 5.96. The van der Waals surface area contributed by atoms with Gasteiger partial charge in [-0.2, -0.15) is 22.8 Å². The lowest BCUT2D eigenvalue weighted by Gasteiger charge is -2.25. The number of hydrogen-bond donors (Lipinski definition) is 2. The molecule has 0 saturated carbocycles. The molecule has 1 aliphatic heterocycles. The molecule has 0 saturated heterocycles. The van der Waals surface area contributed by atoms with Gasteiger partial charge in [-0.15, -0.1) is 11.3 Å². The maximum atomic E-state index is 12.4. The number of amides is 1. The van der Waals surface area contributed by atoms with E-state index in [2.05, 4.69) is 11.8 Å². The van der Waals surface area contributed by atoms with Crippen molar-refractivity contribution in [1.29, 1.82) is 0 Å². The van der Waals surface area contributed by atoms with Gasteiger partial charge in [-0.05, 0) is 24.1 Å². The molecule has 0 spiro atoms. The van der Waals surface area contributed by atoms with Crippen LogP contribution in [0.1, 0.15) is 38.2 Å². The molecule has 0 atom stereocenters. The van der Waals surface area contributed by atoms with Gasteiger partial charge >= 0.3 is 18.3 Å². The Labute approximate surface area is 197 Å². The van der Waals surface area contributed by atoms with Crippen LogP contribution in [0, 0.1) is 0 Å². The molecule has 1 aromatic carbocycles. The smallest absolute Gasteiger partial charge is 0.475 e. The molecule has 3 N–H and O–H groups in total. The molecule has 8 nitrogen and oxygen atoms in total. The second-order valence-electron chi connectivity index (χ2n) is 7.05. The van der Waals surface area contributed by atoms with E-state index in [1.807, 2.05) is 30.3 Å². The summed E-state index contributed by atoms with van der Waals surface area (Å²) in [6.45, 7) is 4.92. The number of thiophene rings is 1. The summed E-state index contributed by atoms with van der Waals surface area (Å²) in [6.07, 6.45) is -3.32. The number of Topliss-reactive ketones (excluding diaryl/α,β-unsaturated/α-hetero) is 1. The Hall–Kier alpha value is -3.34. The molecule has 2 aromatic rings. The zero-order valence-corrected chi connectivity index (χ0v) is 19.0. The highest BCUT2D eigenvalue weighted by Crippen LogP contribution is 2.33. The monoisotopic (exact) mass is 500 g/mol. The molecule has 0 fully saturated rings. The fraction of sp³-hybridized carbons (Fsp3) is 0.364. The molecule has 1 amide bonds. The van der Waals surface area contributed by atoms with E-state index in [1.54, 1.807) is 11.3 Å². The number of benzene rings is 1. The number of aliphatic carboxylic acids is 1. The maximum absolute atomic E-state index is 12.4. The maximum Gasteiger partial charge on any atom is 0.490 e. The fourth-order valence-electron chi connectivity index (χ4n) is 3.26. The van der Waals surface area contributed by atoms with Gasteiger partial charge in [0.1, 0.15) is 5.78 Å². The molecule has 1 aromatic heterocycles. The van der Waals surface area contributed by atoms with Crippen molar-refractivity contribution in [2.45, 2.75) is 38.9 Å². The number of carbonyl (C=O) groups is 3. The van der Waals surface area contributed by atoms with Crippen molar-refractivity contribution in [3.63, 3.8) is 0 Å². The zero-order valence-electron chi connectivity index (χ0n) is 18.2. The molecule has 12 heteroatoms. The standard InChI is InChI=1S/C19H22N2O2S.C2HF3O2.CO2/c1-2-21-9-8-15-17(12-21)24-16(18(15)19(20)23)11-14(22)10-13-6-4-3-5-7-13;3-2(4,5)1(6)7;2-1-3/h3-7H,2,8-12H2,1H3,(H2,20,23);(H,6,7);. The number of primary amides is 1. The minimum atomic E-state index is -5.08. The summed E-state index contributed by atoms with van der Waals surface area (Å²) in [5, 5.41) is 7.12. The van der Waals surface area contributed by atoms with Crippen molar-refractivity contribution in [3.8, 4) is 0 Å². The first kappa shape index (κ1) is 28.7. The first-order valence-corrected chi connectivity index (χ1v) is 10.8. The van der Waals surface area contributed by atoms with Crippen molar-refractivity contribution in [2.24, 2.45) is 5.73 Å². The molecule has 0 aliphatic carbocycles. The van der Waals surface area contributed by atoms with Crippen LogP contribution in [0.4, 0.5) is 13.2 Å². The molecule has 0 unspecified atom stereocenters. The van der Waals surface area contributed by atoms with Gasteiger partial charge in [0, 0.05) is 35.7 Å². The summed E-state index contributed by atoms with van der Waals surface area (Å²) >= 11 is 1.58. The molecular weight excluding hydrogens is 477 g/mol. The molecular formula is C22H23F3N2O6S. The SMILES string of the molecule is CCN1CCc2c(sc(CC(=O)Cc3ccccc3)c2C(N)=O)C1.O=C(O)C(F)(F)F.O=C=O. The topological polar surface area (TPSA) is 135 Å². The number of nitrogens with two attached hydrogens (primary N) is 1. The lowest BCUT2D eigenvalue weighted by atomic mass is 9.98. The van der Waals surface area contributed by atoms with Crippen LogP contribution in [0.3, 0.4) is 0 Å². The van der Waals surface area contributed by atoms with E-state index in [1.165, 1.54) is 4.88 Å². The third kappa shape index (κ3) is 8.89. The number of halogens is 3. The van der Waals surface area contributed by atoms with E-state index in [0.29, 0.717) is 12.0 Å². The average Bonchev–Trinajstić information content (AvgIpc) is 3.11. The van der Waals surface area contributed by atoms with Crippen LogP contribution < -0.4 is 5.73 Å². The molecule has 0 bridgehead atoms. The van der Waals surface area contributed by atoms with E-state index in [-0.39, 0.29) is 18.4 Å². The highest BCUT2D eigenvalue weighted by atomic mass is 32.1. The lowest BCUT2D eigenvalue weighted by molar-refractivity contribution is -0.193. The first-order valence-electron chi connectivity index (χ1n) is 9.95. The highest BCUT2D eigenvalue weighted by Gasteiger charge is 2.38. The molecule has 184 valence electrons. The zero-order chi connectivity index (χ0) is 25.9. The van der Waals surface area contributed by atoms with Gasteiger partial charge in [-0.3, -0.25) is 14.5 Å². The van der Waals surface area contributed by atoms with Crippen LogP contribution in [0.15, 0.2) is 30.3 Å². The van der Waals surface area contributed by atoms with E-state index in [0.717, 1.165) is 42.1 Å². The number of alkyl halides is 3. The number of carbonyl (C=O) groups excluding carboxylic acids is 4. The highest BCUT2D eigenvalue weighted by molar-refractivity contribution is 7.12. The molecule has 0 radical (unpaired) electrons. The lowest BCUT2D eigenvalue weighted by Crippen LogP contribution is -2.30. The van der Waals surface area contributed by atoms with Crippen molar-refractivity contribution < 1.29 is 42.3 Å². The number of ketones is 1. The summed E-state index contributed by atoms with van der Waals surface area (Å²) in [4.78, 5) is 53.9. The number of nitrogens with zero attached hydrogens (tertiary/aromatic N) is 1. The Kier molecular flexibility index (Phi) is 11.3. The predicted octanol–water partition coefficient (Wildman–Crippen LogP) is 2.63. The van der Waals surface area contributed by atoms with E-state index < -0.39 is 18.1 Å². The Morgan fingerprint density at radius 2 is 1.71 bits per heavy atom. The van der Waals surface area contributed by atoms with E-state index in [9.17, 15) is 22.8 Å². The Morgan fingerprint density at radius 1 is 1.15 bits per heavy atom. The van der Waals surface area contributed by atoms with Crippen molar-refractivity contribution in [2.75, 3.05) is 13.1 Å². The largest absolute Gasteiger partial charge is 0.490 e. The number of carboxylic acid groups (broad SMARTS) is 1. The van der Waals surface area contributed by atoms with Crippen LogP contribution in [0.2, 0.25) is 0 Å². The van der Waals surface area contributed by atoms with Gasteiger partial charge in [-0.25, -0.2) is 4.79 Å². The summed E-state index contributed by atoms with van der Waals surface area (Å²) in [7, 11) is 0. The summed E-state index contributed by atoms with van der Waals surface area (Å²) in [5.74, 6) is -3.04. The quantitative estimate of drug-likeness (QED) is 0.623. The summed E-state index contributed by atoms with van der Waals surface area (Å²) < 4.78 is 31.7. The second kappa shape index (κ2) is 13.4. The van der Waals surface area contributed by atoms with Crippen molar-refractivity contribution in [3.05, 3.63) is 56.8 Å². The van der Waals surface area contributed by atoms with Crippen LogP contribution in [0.5, 0.6) is 0 Å². The fourth-order valence-corrected chi connectivity index (χ4v) is 4.69. The third-order valence-electron chi connectivity index (χ3n) is 4.75. The van der Waals surface area contributed by atoms with E-state index in [4.69, 9.17) is 25.2 Å². The Balaban J connectivity index is 0.000000491. The van der Waals surface area contributed by atoms with Gasteiger partial charge in [0.25, 0.3) is 0 Å². The molecule has 3 rings (SSSR count). The predicted molar refractivity (Wildman–Crippen MR) is 115 cm³/mol. The van der Waals surface area contributed by atoms with Crippen molar-refractivity contribution in [1.82, 2.24) is 4.90 Å². The Morgan fingerprint density at radius 3 is 2.18 bits per heavy atom. The van der Waals surface area contributed by atoms with Gasteiger partial charge in [-0.1, -0.05) is 37.3 Å². The minimum Gasteiger partial charge on any atom is -0.475 e. The van der Waals surface area contributed by atoms with Crippen LogP contribution >= 0.6 is 11.3 Å². The number of carboxylic acids is 1. The van der Waals surface area contributed by atoms with Gasteiger partial charge in [0.15, 0.2) is 0 Å². The molecule has 2 heterocycles. The number of likely N-dealkylation sites (N-methyl/N-ethyl adjacent to an activating group) is 1. The Bertz CT molecular complexity index is 1030. The van der Waals surface area contributed by atoms with E-state index >= 15 is 0 Å². The van der Waals surface area contributed by atoms with Gasteiger partial charge in [0.05, 0.1) is 5.56 Å². The normalized spacial score (nSPS) is 12.7. The van der Waals surface area contributed by atoms with Crippen LogP contribution in [-0.4, -0.2) is 53.1 Å². The summed E-state index contributed by atoms with van der Waals surface area (Å²) in [6, 6.07) is 9.70. The van der Waals surface area contributed by atoms with Gasteiger partial charge < -0.3 is 10.8 Å². The first-order chi connectivity index (χ1) is 15.9. The number of fused-ring (bicyclic) bond motifs is 1. The minimum absolute atomic E-state index is 0.120. The molecule has 1 aliphatic rings. The van der Waals surface area contributed by atoms with Gasteiger partial charge in [0.2, 0.25) is 5.91 Å². The van der Waals surface area contributed by atoms with Crippen LogP contribution in [-0.2, 0) is 45.0 Å². The summed E-state index contributed by atoms with van der Waals surface area (Å²) in [5.41, 5.74) is 8.30. The average molecular weight is 500 g/mol.